The predicted molar refractivity (Wildman–Crippen MR) is 77.7 cm³/mol. The Morgan fingerprint density at radius 3 is 2.62 bits per heavy atom. The van der Waals surface area contributed by atoms with Gasteiger partial charge in [0.1, 0.15) is 6.54 Å². The maximum atomic E-state index is 12.4. The fraction of sp³-hybridized carbons (Fsp3) is 0.133. The van der Waals surface area contributed by atoms with Crippen molar-refractivity contribution in [2.45, 2.75) is 13.5 Å². The number of nitrogens with zero attached hydrogens (tertiary/aromatic N) is 3. The van der Waals surface area contributed by atoms with Gasteiger partial charge in [-0.2, -0.15) is 5.10 Å². The van der Waals surface area contributed by atoms with E-state index in [0.717, 1.165) is 5.69 Å². The van der Waals surface area contributed by atoms with Crippen molar-refractivity contribution in [2.24, 2.45) is 0 Å². The van der Waals surface area contributed by atoms with Crippen LogP contribution in [0.3, 0.4) is 0 Å². The number of pyridine rings is 1. The average Bonchev–Trinajstić information content (AvgIpc) is 2.80. The molecule has 0 aliphatic heterocycles. The third-order valence-corrected chi connectivity index (χ3v) is 3.29. The van der Waals surface area contributed by atoms with Gasteiger partial charge in [0.15, 0.2) is 0 Å². The molecule has 0 aliphatic rings. The third kappa shape index (κ3) is 2.20. The lowest BCUT2D eigenvalue weighted by Crippen LogP contribution is -2.23. The van der Waals surface area contributed by atoms with Crippen molar-refractivity contribution in [3.8, 4) is 5.69 Å². The van der Waals surface area contributed by atoms with E-state index in [4.69, 9.17) is 5.11 Å². The number of hydrogen-bond donors (Lipinski definition) is 1. The molecule has 0 atom stereocenters. The van der Waals surface area contributed by atoms with Crippen molar-refractivity contribution in [2.75, 3.05) is 0 Å². The smallest absolute Gasteiger partial charge is 0.323 e. The minimum Gasteiger partial charge on any atom is -0.480 e. The highest BCUT2D eigenvalue weighted by molar-refractivity contribution is 5.82. The number of hydrogen-bond acceptors (Lipinski definition) is 3. The van der Waals surface area contributed by atoms with Gasteiger partial charge in [-0.15, -0.1) is 0 Å². The van der Waals surface area contributed by atoms with Gasteiger partial charge in [0, 0.05) is 6.20 Å². The van der Waals surface area contributed by atoms with Crippen LogP contribution in [-0.4, -0.2) is 25.4 Å². The fourth-order valence-electron chi connectivity index (χ4n) is 2.37. The number of aromatic nitrogens is 3. The minimum absolute atomic E-state index is 0.338. The van der Waals surface area contributed by atoms with Gasteiger partial charge in [-0.1, -0.05) is 18.2 Å². The highest BCUT2D eigenvalue weighted by Gasteiger charge is 2.14. The highest BCUT2D eigenvalue weighted by atomic mass is 16.4. The molecule has 6 nitrogen and oxygen atoms in total. The van der Waals surface area contributed by atoms with Crippen molar-refractivity contribution < 1.29 is 9.90 Å². The largest absolute Gasteiger partial charge is 0.480 e. The molecule has 106 valence electrons. The van der Waals surface area contributed by atoms with Crippen LogP contribution in [0, 0.1) is 6.92 Å². The van der Waals surface area contributed by atoms with E-state index < -0.39 is 5.97 Å². The Balaban J connectivity index is 2.26. The van der Waals surface area contributed by atoms with Gasteiger partial charge in [0.2, 0.25) is 0 Å². The van der Waals surface area contributed by atoms with Crippen LogP contribution in [0.1, 0.15) is 5.69 Å². The first-order chi connectivity index (χ1) is 10.1. The Kier molecular flexibility index (Phi) is 3.06. The first-order valence-corrected chi connectivity index (χ1v) is 6.44. The van der Waals surface area contributed by atoms with Gasteiger partial charge in [-0.25, -0.2) is 4.68 Å². The molecular weight excluding hydrogens is 270 g/mol. The molecule has 0 aliphatic carbocycles. The van der Waals surface area contributed by atoms with Crippen LogP contribution in [0.5, 0.6) is 0 Å². The second kappa shape index (κ2) is 4.90. The molecule has 0 bridgehead atoms. The van der Waals surface area contributed by atoms with E-state index >= 15 is 0 Å². The van der Waals surface area contributed by atoms with Gasteiger partial charge < -0.3 is 9.67 Å². The van der Waals surface area contributed by atoms with Crippen molar-refractivity contribution in [3.63, 3.8) is 0 Å². The Morgan fingerprint density at radius 1 is 1.24 bits per heavy atom. The topological polar surface area (TPSA) is 77.1 Å². The number of aliphatic carboxylic acids is 1. The molecule has 0 unspecified atom stereocenters. The maximum Gasteiger partial charge on any atom is 0.323 e. The summed E-state index contributed by atoms with van der Waals surface area (Å²) in [6.07, 6.45) is 1.49. The molecule has 0 fully saturated rings. The van der Waals surface area contributed by atoms with Gasteiger partial charge >= 0.3 is 5.97 Å². The zero-order valence-corrected chi connectivity index (χ0v) is 11.4. The minimum atomic E-state index is -1.05. The summed E-state index contributed by atoms with van der Waals surface area (Å²) in [5.41, 5.74) is 1.77. The van der Waals surface area contributed by atoms with Gasteiger partial charge in [-0.05, 0) is 25.1 Å². The number of carboxylic acid groups (broad SMARTS) is 1. The van der Waals surface area contributed by atoms with Crippen molar-refractivity contribution in [3.05, 3.63) is 58.6 Å². The molecular formula is C15H13N3O3. The quantitative estimate of drug-likeness (QED) is 0.791. The molecule has 3 aromatic rings. The van der Waals surface area contributed by atoms with E-state index in [1.807, 2.05) is 30.3 Å². The van der Waals surface area contributed by atoms with E-state index in [1.165, 1.54) is 10.8 Å². The van der Waals surface area contributed by atoms with E-state index in [9.17, 15) is 9.59 Å². The van der Waals surface area contributed by atoms with E-state index in [1.54, 1.807) is 17.7 Å². The number of benzene rings is 1. The summed E-state index contributed by atoms with van der Waals surface area (Å²) in [5.74, 6) is -1.05. The molecule has 0 radical (unpaired) electrons. The van der Waals surface area contributed by atoms with Crippen LogP contribution >= 0.6 is 0 Å². The molecule has 0 saturated heterocycles. The van der Waals surface area contributed by atoms with Crippen molar-refractivity contribution in [1.29, 1.82) is 0 Å². The highest BCUT2D eigenvalue weighted by Crippen LogP contribution is 2.18. The Bertz CT molecular complexity index is 878. The summed E-state index contributed by atoms with van der Waals surface area (Å²) in [7, 11) is 0. The summed E-state index contributed by atoms with van der Waals surface area (Å²) in [6.45, 7) is 1.39. The monoisotopic (exact) mass is 283 g/mol. The number of aryl methyl sites for hydroxylation is 1. The predicted octanol–water partition coefficient (Wildman–Crippen LogP) is 1.58. The summed E-state index contributed by atoms with van der Waals surface area (Å²) < 4.78 is 2.87. The molecule has 2 heterocycles. The zero-order valence-electron chi connectivity index (χ0n) is 11.4. The van der Waals surface area contributed by atoms with Gasteiger partial charge in [0.05, 0.1) is 22.3 Å². The molecule has 1 N–H and O–H groups in total. The lowest BCUT2D eigenvalue weighted by atomic mass is 10.2. The summed E-state index contributed by atoms with van der Waals surface area (Å²) in [6, 6.07) is 11.2. The van der Waals surface area contributed by atoms with Gasteiger partial charge in [0.25, 0.3) is 5.56 Å². The number of para-hydroxylation sites is 1. The van der Waals surface area contributed by atoms with E-state index in [-0.39, 0.29) is 12.1 Å². The lowest BCUT2D eigenvalue weighted by Gasteiger charge is -2.04. The van der Waals surface area contributed by atoms with Crippen LogP contribution in [-0.2, 0) is 11.3 Å². The molecule has 6 heteroatoms. The number of fused-ring (bicyclic) bond motifs is 1. The lowest BCUT2D eigenvalue weighted by molar-refractivity contribution is -0.137. The normalized spacial score (nSPS) is 10.9. The Hall–Kier alpha value is -2.89. The summed E-state index contributed by atoms with van der Waals surface area (Å²) >= 11 is 0. The maximum absolute atomic E-state index is 12.4. The van der Waals surface area contributed by atoms with E-state index in [0.29, 0.717) is 16.6 Å². The van der Waals surface area contributed by atoms with Crippen molar-refractivity contribution >= 4 is 16.9 Å². The molecule has 21 heavy (non-hydrogen) atoms. The first-order valence-electron chi connectivity index (χ1n) is 6.44. The molecule has 1 aromatic carbocycles. The van der Waals surface area contributed by atoms with Crippen LogP contribution < -0.4 is 5.56 Å². The van der Waals surface area contributed by atoms with Crippen LogP contribution in [0.25, 0.3) is 16.6 Å². The molecule has 0 spiro atoms. The van der Waals surface area contributed by atoms with Crippen LogP contribution in [0.2, 0.25) is 0 Å². The molecule has 0 saturated carbocycles. The second-order valence-corrected chi connectivity index (χ2v) is 4.74. The first kappa shape index (κ1) is 13.1. The Labute approximate surface area is 119 Å². The van der Waals surface area contributed by atoms with Gasteiger partial charge in [-0.3, -0.25) is 9.59 Å². The third-order valence-electron chi connectivity index (χ3n) is 3.29. The van der Waals surface area contributed by atoms with Crippen molar-refractivity contribution in [1.82, 2.24) is 14.3 Å². The average molecular weight is 283 g/mol. The van der Waals surface area contributed by atoms with Crippen LogP contribution in [0.4, 0.5) is 0 Å². The number of rotatable bonds is 3. The Morgan fingerprint density at radius 2 is 1.95 bits per heavy atom. The molecule has 3 rings (SSSR count). The van der Waals surface area contributed by atoms with E-state index in [2.05, 4.69) is 5.10 Å². The summed E-state index contributed by atoms with van der Waals surface area (Å²) in [4.78, 5) is 23.2. The molecule has 2 aromatic heterocycles. The number of carboxylic acids is 1. The second-order valence-electron chi connectivity index (χ2n) is 4.74. The SMILES string of the molecule is Cc1nn(-c2ccccc2)c2ccn(CC(=O)O)c(=O)c12. The zero-order chi connectivity index (χ0) is 15.0. The standard InChI is InChI=1S/C15H13N3O3/c1-10-14-12(7-8-17(15(14)21)9-13(19)20)18(16-10)11-5-3-2-4-6-11/h2-8H,9H2,1H3,(H,19,20). The summed E-state index contributed by atoms with van der Waals surface area (Å²) in [5, 5.41) is 13.7. The molecule has 0 amide bonds. The number of carbonyl (C=O) groups is 1. The fourth-order valence-corrected chi connectivity index (χ4v) is 2.37. The van der Waals surface area contributed by atoms with Crippen LogP contribution in [0.15, 0.2) is 47.4 Å².